The van der Waals surface area contributed by atoms with Crippen molar-refractivity contribution in [2.24, 2.45) is 11.8 Å². The number of ether oxygens (including phenoxy) is 2. The van der Waals surface area contributed by atoms with Gasteiger partial charge in [-0.1, -0.05) is 13.0 Å². The summed E-state index contributed by atoms with van der Waals surface area (Å²) in [6, 6.07) is 3.86. The fourth-order valence-corrected chi connectivity index (χ4v) is 12.4. The van der Waals surface area contributed by atoms with Gasteiger partial charge in [0.15, 0.2) is 33.3 Å². The molecule has 1 aromatic heterocycles. The monoisotopic (exact) mass is 796 g/mol. The third-order valence-electron chi connectivity index (χ3n) is 9.90. The van der Waals surface area contributed by atoms with Crippen molar-refractivity contribution in [3.8, 4) is 0 Å². The number of hydrogen-bond donors (Lipinski definition) is 1. The number of anilines is 1. The second kappa shape index (κ2) is 17.6. The molecule has 3 saturated heterocycles. The number of ketones is 1. The van der Waals surface area contributed by atoms with E-state index in [9.17, 15) is 9.90 Å². The molecule has 1 unspecified atom stereocenters. The zero-order valence-corrected chi connectivity index (χ0v) is 38.9. The zero-order valence-electron chi connectivity index (χ0n) is 34.9. The highest BCUT2D eigenvalue weighted by Crippen LogP contribution is 2.41. The number of aliphatic hydroxyl groups is 1. The van der Waals surface area contributed by atoms with E-state index < -0.39 is 39.4 Å². The van der Waals surface area contributed by atoms with Gasteiger partial charge in [-0.2, -0.15) is 0 Å². The minimum absolute atomic E-state index is 0.0140. The summed E-state index contributed by atoms with van der Waals surface area (Å²) >= 11 is 0. The number of aromatic nitrogens is 1. The summed E-state index contributed by atoms with van der Waals surface area (Å²) < 4.78 is 39.4. The van der Waals surface area contributed by atoms with Crippen LogP contribution in [0, 0.1) is 11.8 Å². The van der Waals surface area contributed by atoms with Crippen molar-refractivity contribution in [1.29, 1.82) is 0 Å². The topological polar surface area (TPSA) is 112 Å². The van der Waals surface area contributed by atoms with Crippen LogP contribution in [0.25, 0.3) is 0 Å². The molecule has 3 aliphatic rings. The molecule has 10 nitrogen and oxygen atoms in total. The molecule has 52 heavy (non-hydrogen) atoms. The number of carbonyl (C=O) groups is 1. The van der Waals surface area contributed by atoms with Crippen LogP contribution in [0.1, 0.15) is 57.6 Å². The first-order chi connectivity index (χ1) is 23.9. The van der Waals surface area contributed by atoms with Gasteiger partial charge in [-0.05, 0) is 110 Å². The van der Waals surface area contributed by atoms with Gasteiger partial charge in [-0.25, -0.2) is 4.98 Å². The summed E-state index contributed by atoms with van der Waals surface area (Å²) in [6.45, 7) is 33.1. The number of hydrogen-bond acceptors (Lipinski definition) is 10. The minimum Gasteiger partial charge on any atom is -0.415 e. The third kappa shape index (κ3) is 14.1. The van der Waals surface area contributed by atoms with Gasteiger partial charge in [-0.3, -0.25) is 4.79 Å². The van der Waals surface area contributed by atoms with Crippen LogP contribution in [0.4, 0.5) is 5.82 Å². The van der Waals surface area contributed by atoms with E-state index in [0.717, 1.165) is 38.2 Å². The molecule has 0 aromatic carbocycles. The van der Waals surface area contributed by atoms with Crippen LogP contribution < -0.4 is 4.90 Å². The molecular formula is C38H72N2O8Si4. The first-order valence-corrected chi connectivity index (χ1v) is 33.4. The molecule has 0 spiro atoms. The molecular weight excluding hydrogens is 725 g/mol. The summed E-state index contributed by atoms with van der Waals surface area (Å²) in [6.07, 6.45) is 3.67. The molecule has 9 atom stereocenters. The fourth-order valence-electron chi connectivity index (χ4n) is 7.58. The van der Waals surface area contributed by atoms with Crippen LogP contribution in [0.2, 0.25) is 78.6 Å². The second-order valence-corrected chi connectivity index (χ2v) is 37.4. The number of epoxide rings is 1. The number of rotatable bonds is 18. The predicted molar refractivity (Wildman–Crippen MR) is 219 cm³/mol. The Kier molecular flexibility index (Phi) is 14.8. The normalized spacial score (nSPS) is 28.4. The highest BCUT2D eigenvalue weighted by atomic mass is 28.4. The van der Waals surface area contributed by atoms with Crippen LogP contribution in [0.5, 0.6) is 0 Å². The Bertz CT molecular complexity index is 1290. The maximum atomic E-state index is 13.6. The van der Waals surface area contributed by atoms with Crippen molar-refractivity contribution in [2.45, 2.75) is 173 Å². The minimum atomic E-state index is -2.04. The van der Waals surface area contributed by atoms with Crippen molar-refractivity contribution in [3.63, 3.8) is 0 Å². The molecule has 0 amide bonds. The van der Waals surface area contributed by atoms with Gasteiger partial charge in [0.2, 0.25) is 0 Å². The lowest BCUT2D eigenvalue weighted by Crippen LogP contribution is -2.58. The van der Waals surface area contributed by atoms with E-state index in [1.165, 1.54) is 0 Å². The lowest BCUT2D eigenvalue weighted by Gasteiger charge is -2.47. The first kappa shape index (κ1) is 43.9. The maximum absolute atomic E-state index is 13.6. The van der Waals surface area contributed by atoms with Gasteiger partial charge in [0, 0.05) is 62.6 Å². The Morgan fingerprint density at radius 2 is 1.46 bits per heavy atom. The summed E-state index contributed by atoms with van der Waals surface area (Å²) in [7, 11) is -7.29. The average molecular weight is 797 g/mol. The Hall–Kier alpha value is -0.792. The summed E-state index contributed by atoms with van der Waals surface area (Å²) in [4.78, 5) is 20.6. The summed E-state index contributed by atoms with van der Waals surface area (Å²) in [5, 5.41) is 11.2. The standard InChI is InChI=1S/C38H72N2O8Si4/c1-26(27(2)45-49(3,4)5)36-34(44-36)23-33-38(48-52(12,13)14)37(47-51(9,10)11)29(25-43-33)21-30(41)22-32(42)28-15-16-35(39-24-28)40-19-17-31(18-20-40)46-50(6,7)8/h15-16,24,26-27,29,31-34,36-38,42H,17-23,25H2,1-14H3/t26-,27+,29+,32?,33+,34+,36+,37-,38-/m1/s1. The van der Waals surface area contributed by atoms with E-state index in [-0.39, 0.29) is 67.1 Å². The number of carbonyl (C=O) groups excluding carboxylic acids is 1. The molecule has 3 aliphatic heterocycles. The lowest BCUT2D eigenvalue weighted by molar-refractivity contribution is -0.159. The molecule has 0 aliphatic carbocycles. The quantitative estimate of drug-likeness (QED) is 0.117. The molecule has 4 rings (SSSR count). The van der Waals surface area contributed by atoms with E-state index in [1.807, 2.05) is 12.1 Å². The molecule has 0 bridgehead atoms. The smallest absolute Gasteiger partial charge is 0.184 e. The van der Waals surface area contributed by atoms with E-state index in [0.29, 0.717) is 18.3 Å². The Labute approximate surface area is 319 Å². The fraction of sp³-hybridized carbons (Fsp3) is 0.842. The largest absolute Gasteiger partial charge is 0.415 e. The van der Waals surface area contributed by atoms with Crippen molar-refractivity contribution < 1.29 is 37.1 Å². The molecule has 3 fully saturated rings. The van der Waals surface area contributed by atoms with Crippen LogP contribution in [-0.4, -0.2) is 112 Å². The number of pyridine rings is 1. The Morgan fingerprint density at radius 1 is 0.865 bits per heavy atom. The predicted octanol–water partition coefficient (Wildman–Crippen LogP) is 7.77. The summed E-state index contributed by atoms with van der Waals surface area (Å²) in [5.41, 5.74) is 0.654. The highest BCUT2D eigenvalue weighted by Gasteiger charge is 2.52. The van der Waals surface area contributed by atoms with Gasteiger partial charge in [0.25, 0.3) is 0 Å². The number of nitrogens with zero attached hydrogens (tertiary/aromatic N) is 2. The Balaban J connectivity index is 1.38. The Morgan fingerprint density at radius 3 is 2.00 bits per heavy atom. The van der Waals surface area contributed by atoms with Gasteiger partial charge < -0.3 is 37.2 Å². The number of Topliss-reactive ketones (excluding diaryl/α,β-unsaturated/α-hetero) is 1. The molecule has 298 valence electrons. The number of aliphatic hydroxyl groups excluding tert-OH is 1. The van der Waals surface area contributed by atoms with E-state index >= 15 is 0 Å². The van der Waals surface area contributed by atoms with Gasteiger partial charge in [0.1, 0.15) is 11.6 Å². The maximum Gasteiger partial charge on any atom is 0.184 e. The average Bonchev–Trinajstić information content (AvgIpc) is 3.76. The molecule has 4 heterocycles. The lowest BCUT2D eigenvalue weighted by atomic mass is 9.85. The highest BCUT2D eigenvalue weighted by molar-refractivity contribution is 6.70. The van der Waals surface area contributed by atoms with Crippen molar-refractivity contribution >= 4 is 44.9 Å². The molecule has 0 radical (unpaired) electrons. The van der Waals surface area contributed by atoms with E-state index in [2.05, 4.69) is 102 Å². The van der Waals surface area contributed by atoms with Crippen molar-refractivity contribution in [3.05, 3.63) is 23.9 Å². The molecule has 0 saturated carbocycles. The van der Waals surface area contributed by atoms with Gasteiger partial charge in [-0.15, -0.1) is 0 Å². The van der Waals surface area contributed by atoms with Gasteiger partial charge >= 0.3 is 0 Å². The van der Waals surface area contributed by atoms with Crippen LogP contribution in [-0.2, 0) is 32.0 Å². The summed E-state index contributed by atoms with van der Waals surface area (Å²) in [5.74, 6) is 0.993. The number of piperidine rings is 1. The van der Waals surface area contributed by atoms with Crippen molar-refractivity contribution in [1.82, 2.24) is 4.98 Å². The third-order valence-corrected chi connectivity index (χ3v) is 14.0. The van der Waals surface area contributed by atoms with Gasteiger partial charge in [0.05, 0.1) is 43.2 Å². The second-order valence-electron chi connectivity index (χ2n) is 19.5. The SMILES string of the molecule is C[C@@H]([C@@H]1O[C@H]1C[C@@H]1OC[C@H](CC(=O)CC(O)c2ccc(N3CCC(O[Si](C)(C)C)CC3)nc2)[C@@H](O[Si](C)(C)C)[C@@H]1O[Si](C)(C)C)[C@H](C)O[Si](C)(C)C. The zero-order chi connectivity index (χ0) is 38.8. The van der Waals surface area contributed by atoms with Crippen LogP contribution in [0.15, 0.2) is 18.3 Å². The van der Waals surface area contributed by atoms with Crippen LogP contribution in [0.3, 0.4) is 0 Å². The molecule has 1 N–H and O–H groups in total. The molecule has 1 aromatic rings. The first-order valence-electron chi connectivity index (χ1n) is 19.8. The van der Waals surface area contributed by atoms with Crippen LogP contribution >= 0.6 is 0 Å². The van der Waals surface area contributed by atoms with E-state index in [4.69, 9.17) is 27.2 Å². The van der Waals surface area contributed by atoms with E-state index in [1.54, 1.807) is 6.20 Å². The molecule has 14 heteroatoms. The van der Waals surface area contributed by atoms with Crippen molar-refractivity contribution in [2.75, 3.05) is 24.6 Å².